The van der Waals surface area contributed by atoms with E-state index < -0.39 is 18.3 Å². The minimum absolute atomic E-state index is 0.0265. The molecule has 0 bridgehead atoms. The molecule has 0 fully saturated rings. The quantitative estimate of drug-likeness (QED) is 0.610. The summed E-state index contributed by atoms with van der Waals surface area (Å²) in [4.78, 5) is 10.00. The largest absolute Gasteiger partial charge is 0.481 e. The molecule has 3 nitrogen and oxygen atoms in total. The zero-order valence-electron chi connectivity index (χ0n) is 5.26. The molecule has 10 heavy (non-hydrogen) atoms. The molecule has 0 heterocycles. The highest BCUT2D eigenvalue weighted by molar-refractivity contribution is 5.70. The SMILES string of the molecule is NCCC(C(=O)O)C(F)F. The first kappa shape index (κ1) is 9.29. The van der Waals surface area contributed by atoms with Gasteiger partial charge in [0.05, 0.1) is 0 Å². The van der Waals surface area contributed by atoms with E-state index in [9.17, 15) is 13.6 Å². The number of aliphatic carboxylic acids is 1. The highest BCUT2D eigenvalue weighted by atomic mass is 19.3. The monoisotopic (exact) mass is 153 g/mol. The smallest absolute Gasteiger partial charge is 0.312 e. The van der Waals surface area contributed by atoms with E-state index in [-0.39, 0.29) is 13.0 Å². The van der Waals surface area contributed by atoms with Crippen LogP contribution in [0, 0.1) is 5.92 Å². The fourth-order valence-electron chi connectivity index (χ4n) is 0.537. The first-order valence-electron chi connectivity index (χ1n) is 2.80. The van der Waals surface area contributed by atoms with Gasteiger partial charge in [0.15, 0.2) is 0 Å². The molecule has 0 saturated heterocycles. The number of hydrogen-bond acceptors (Lipinski definition) is 2. The summed E-state index contributed by atoms with van der Waals surface area (Å²) in [5.41, 5.74) is 4.91. The highest BCUT2D eigenvalue weighted by Gasteiger charge is 2.26. The van der Waals surface area contributed by atoms with Crippen molar-refractivity contribution in [2.75, 3.05) is 6.54 Å². The van der Waals surface area contributed by atoms with E-state index in [0.717, 1.165) is 0 Å². The third-order valence-electron chi connectivity index (χ3n) is 1.10. The van der Waals surface area contributed by atoms with E-state index in [1.807, 2.05) is 0 Å². The normalized spacial score (nSPS) is 13.6. The van der Waals surface area contributed by atoms with Crippen molar-refractivity contribution in [3.63, 3.8) is 0 Å². The minimum Gasteiger partial charge on any atom is -0.481 e. The van der Waals surface area contributed by atoms with E-state index in [1.54, 1.807) is 0 Å². The molecule has 3 N–H and O–H groups in total. The maximum Gasteiger partial charge on any atom is 0.312 e. The maximum absolute atomic E-state index is 11.7. The third-order valence-corrected chi connectivity index (χ3v) is 1.10. The van der Waals surface area contributed by atoms with Gasteiger partial charge in [0.1, 0.15) is 5.92 Å². The Balaban J connectivity index is 3.85. The van der Waals surface area contributed by atoms with Crippen LogP contribution in [0.25, 0.3) is 0 Å². The second kappa shape index (κ2) is 4.16. The fourth-order valence-corrected chi connectivity index (χ4v) is 0.537. The number of halogens is 2. The number of carbonyl (C=O) groups is 1. The number of carboxylic acids is 1. The molecular weight excluding hydrogens is 144 g/mol. The van der Waals surface area contributed by atoms with Gasteiger partial charge in [0.2, 0.25) is 0 Å². The molecule has 0 saturated carbocycles. The zero-order chi connectivity index (χ0) is 8.15. The third kappa shape index (κ3) is 2.72. The summed E-state index contributed by atoms with van der Waals surface area (Å²) in [5, 5.41) is 8.14. The van der Waals surface area contributed by atoms with Crippen molar-refractivity contribution in [3.05, 3.63) is 0 Å². The fraction of sp³-hybridized carbons (Fsp3) is 0.800. The second-order valence-corrected chi connectivity index (χ2v) is 1.86. The molecule has 0 aromatic rings. The Hall–Kier alpha value is -0.710. The van der Waals surface area contributed by atoms with Gasteiger partial charge in [-0.2, -0.15) is 0 Å². The van der Waals surface area contributed by atoms with Crippen LogP contribution < -0.4 is 5.73 Å². The molecule has 0 aromatic carbocycles. The molecular formula is C5H9F2NO2. The molecule has 5 heteroatoms. The van der Waals surface area contributed by atoms with Gasteiger partial charge >= 0.3 is 5.97 Å². The Bertz CT molecular complexity index is 118. The van der Waals surface area contributed by atoms with Crippen molar-refractivity contribution in [1.82, 2.24) is 0 Å². The van der Waals surface area contributed by atoms with Gasteiger partial charge < -0.3 is 10.8 Å². The average molecular weight is 153 g/mol. The minimum atomic E-state index is -2.82. The Morgan fingerprint density at radius 1 is 1.60 bits per heavy atom. The number of nitrogens with two attached hydrogens (primary N) is 1. The van der Waals surface area contributed by atoms with Crippen LogP contribution >= 0.6 is 0 Å². The van der Waals surface area contributed by atoms with Gasteiger partial charge in [-0.25, -0.2) is 8.78 Å². The van der Waals surface area contributed by atoms with Crippen LogP contribution in [-0.4, -0.2) is 24.0 Å². The van der Waals surface area contributed by atoms with Crippen LogP contribution in [0.3, 0.4) is 0 Å². The standard InChI is InChI=1S/C5H9F2NO2/c6-4(7)3(1-2-8)5(9)10/h3-4H,1-2,8H2,(H,9,10). The van der Waals surface area contributed by atoms with Crippen LogP contribution in [0.2, 0.25) is 0 Å². The lowest BCUT2D eigenvalue weighted by molar-refractivity contribution is -0.147. The van der Waals surface area contributed by atoms with Crippen LogP contribution in [0.4, 0.5) is 8.78 Å². The molecule has 1 atom stereocenters. The van der Waals surface area contributed by atoms with Crippen molar-refractivity contribution in [2.45, 2.75) is 12.8 Å². The Morgan fingerprint density at radius 3 is 2.20 bits per heavy atom. The first-order chi connectivity index (χ1) is 4.59. The molecule has 0 radical (unpaired) electrons. The lowest BCUT2D eigenvalue weighted by atomic mass is 10.1. The molecule has 0 amide bonds. The van der Waals surface area contributed by atoms with Crippen molar-refractivity contribution in [3.8, 4) is 0 Å². The van der Waals surface area contributed by atoms with Gasteiger partial charge in [0.25, 0.3) is 6.43 Å². The molecule has 60 valence electrons. The molecule has 0 spiro atoms. The van der Waals surface area contributed by atoms with Crippen molar-refractivity contribution >= 4 is 5.97 Å². The Labute approximate surface area is 56.8 Å². The van der Waals surface area contributed by atoms with Crippen molar-refractivity contribution in [2.24, 2.45) is 11.7 Å². The number of hydrogen-bond donors (Lipinski definition) is 2. The van der Waals surface area contributed by atoms with E-state index in [2.05, 4.69) is 0 Å². The first-order valence-corrected chi connectivity index (χ1v) is 2.80. The topological polar surface area (TPSA) is 63.3 Å². The number of alkyl halides is 2. The lowest BCUT2D eigenvalue weighted by Crippen LogP contribution is -2.24. The van der Waals surface area contributed by atoms with E-state index >= 15 is 0 Å². The zero-order valence-corrected chi connectivity index (χ0v) is 5.26. The molecule has 0 aliphatic heterocycles. The van der Waals surface area contributed by atoms with Gasteiger partial charge in [-0.05, 0) is 13.0 Å². The summed E-state index contributed by atoms with van der Waals surface area (Å²) in [5.74, 6) is -3.09. The van der Waals surface area contributed by atoms with Gasteiger partial charge in [-0.15, -0.1) is 0 Å². The van der Waals surface area contributed by atoms with Crippen molar-refractivity contribution < 1.29 is 18.7 Å². The molecule has 0 aliphatic carbocycles. The lowest BCUT2D eigenvalue weighted by Gasteiger charge is -2.07. The summed E-state index contributed by atoms with van der Waals surface area (Å²) >= 11 is 0. The Kier molecular flexibility index (Phi) is 3.87. The predicted octanol–water partition coefficient (Wildman–Crippen LogP) is 0.301. The molecule has 0 aromatic heterocycles. The molecule has 0 rings (SSSR count). The van der Waals surface area contributed by atoms with Crippen LogP contribution in [0.1, 0.15) is 6.42 Å². The predicted molar refractivity (Wildman–Crippen MR) is 30.8 cm³/mol. The summed E-state index contributed by atoms with van der Waals surface area (Å²) in [6, 6.07) is 0. The van der Waals surface area contributed by atoms with Crippen LogP contribution in [0.15, 0.2) is 0 Å². The second-order valence-electron chi connectivity index (χ2n) is 1.86. The van der Waals surface area contributed by atoms with Gasteiger partial charge in [-0.1, -0.05) is 0 Å². The highest BCUT2D eigenvalue weighted by Crippen LogP contribution is 2.12. The van der Waals surface area contributed by atoms with Crippen LogP contribution in [0.5, 0.6) is 0 Å². The number of rotatable bonds is 4. The van der Waals surface area contributed by atoms with Gasteiger partial charge in [-0.3, -0.25) is 4.79 Å². The maximum atomic E-state index is 11.7. The Morgan fingerprint density at radius 2 is 2.10 bits per heavy atom. The summed E-state index contributed by atoms with van der Waals surface area (Å²) in [6.45, 7) is -0.0265. The van der Waals surface area contributed by atoms with Gasteiger partial charge in [0, 0.05) is 0 Å². The van der Waals surface area contributed by atoms with Crippen LogP contribution in [-0.2, 0) is 4.79 Å². The molecule has 0 aliphatic rings. The van der Waals surface area contributed by atoms with Crippen molar-refractivity contribution in [1.29, 1.82) is 0 Å². The average Bonchev–Trinajstić information content (AvgIpc) is 1.81. The summed E-state index contributed by atoms with van der Waals surface area (Å²) in [7, 11) is 0. The summed E-state index contributed by atoms with van der Waals surface area (Å²) < 4.78 is 23.4. The van der Waals surface area contributed by atoms with E-state index in [0.29, 0.717) is 0 Å². The molecule has 1 unspecified atom stereocenters. The van der Waals surface area contributed by atoms with E-state index in [4.69, 9.17) is 10.8 Å². The van der Waals surface area contributed by atoms with E-state index in [1.165, 1.54) is 0 Å². The summed E-state index contributed by atoms with van der Waals surface area (Å²) in [6.07, 6.45) is -2.99. The number of carboxylic acid groups (broad SMARTS) is 1.